The van der Waals surface area contributed by atoms with E-state index in [9.17, 15) is 0 Å². The molecule has 0 spiro atoms. The van der Waals surface area contributed by atoms with E-state index in [2.05, 4.69) is 27.7 Å². The summed E-state index contributed by atoms with van der Waals surface area (Å²) in [6.07, 6.45) is 0. The molecule has 0 aliphatic heterocycles. The van der Waals surface area contributed by atoms with Gasteiger partial charge in [-0.1, -0.05) is 27.7 Å². The molecule has 0 radical (unpaired) electrons. The van der Waals surface area contributed by atoms with Gasteiger partial charge in [0.15, 0.2) is 0 Å². The smallest absolute Gasteiger partial charge is 0.0233 e. The molecule has 0 N–H and O–H groups in total. The maximum atomic E-state index is 5.29. The molecule has 0 aromatic carbocycles. The molecule has 0 bridgehead atoms. The summed E-state index contributed by atoms with van der Waals surface area (Å²) in [5, 5.41) is 0. The first-order valence-electron chi connectivity index (χ1n) is 4.04. The minimum atomic E-state index is 0.722. The van der Waals surface area contributed by atoms with E-state index >= 15 is 0 Å². The molecular formula is C8H18OS2. The van der Waals surface area contributed by atoms with Gasteiger partial charge in [-0.25, -0.2) is 3.63 Å². The van der Waals surface area contributed by atoms with Gasteiger partial charge >= 0.3 is 0 Å². The van der Waals surface area contributed by atoms with Crippen molar-refractivity contribution in [3.63, 3.8) is 0 Å². The second-order valence-electron chi connectivity index (χ2n) is 3.42. The molecule has 0 aromatic rings. The average Bonchev–Trinajstić information content (AvgIpc) is 1.85. The van der Waals surface area contributed by atoms with E-state index in [0.29, 0.717) is 0 Å². The average molecular weight is 194 g/mol. The van der Waals surface area contributed by atoms with Crippen molar-refractivity contribution in [2.24, 2.45) is 11.8 Å². The summed E-state index contributed by atoms with van der Waals surface area (Å²) in [4.78, 5) is 0. The lowest BCUT2D eigenvalue weighted by atomic mass is 10.3. The van der Waals surface area contributed by atoms with Crippen molar-refractivity contribution in [3.05, 3.63) is 0 Å². The van der Waals surface area contributed by atoms with Crippen LogP contribution >= 0.6 is 24.1 Å². The minimum Gasteiger partial charge on any atom is -0.247 e. The Morgan fingerprint density at radius 1 is 0.909 bits per heavy atom. The van der Waals surface area contributed by atoms with Crippen LogP contribution in [0.4, 0.5) is 0 Å². The van der Waals surface area contributed by atoms with Gasteiger partial charge in [0.05, 0.1) is 0 Å². The van der Waals surface area contributed by atoms with E-state index in [1.54, 1.807) is 24.1 Å². The summed E-state index contributed by atoms with van der Waals surface area (Å²) in [6, 6.07) is 0. The lowest BCUT2D eigenvalue weighted by molar-refractivity contribution is 0.686. The van der Waals surface area contributed by atoms with Crippen molar-refractivity contribution in [1.29, 1.82) is 0 Å². The van der Waals surface area contributed by atoms with Crippen LogP contribution in [0.25, 0.3) is 0 Å². The van der Waals surface area contributed by atoms with E-state index in [1.807, 2.05) is 0 Å². The Morgan fingerprint density at radius 2 is 1.27 bits per heavy atom. The summed E-state index contributed by atoms with van der Waals surface area (Å²) in [6.45, 7) is 8.79. The summed E-state index contributed by atoms with van der Waals surface area (Å²) in [5.41, 5.74) is 0. The van der Waals surface area contributed by atoms with Gasteiger partial charge in [0, 0.05) is 35.6 Å². The SMILES string of the molecule is CC(C)CSOSCC(C)C. The number of hydrogen-bond acceptors (Lipinski definition) is 3. The Kier molecular flexibility index (Phi) is 7.76. The molecule has 0 fully saturated rings. The molecule has 0 saturated carbocycles. The van der Waals surface area contributed by atoms with E-state index in [4.69, 9.17) is 3.63 Å². The molecule has 0 aromatic heterocycles. The van der Waals surface area contributed by atoms with Crippen molar-refractivity contribution in [2.45, 2.75) is 27.7 Å². The van der Waals surface area contributed by atoms with Gasteiger partial charge in [-0.15, -0.1) is 0 Å². The van der Waals surface area contributed by atoms with Crippen LogP contribution in [0.3, 0.4) is 0 Å². The van der Waals surface area contributed by atoms with Crippen molar-refractivity contribution in [3.8, 4) is 0 Å². The van der Waals surface area contributed by atoms with Crippen LogP contribution in [-0.2, 0) is 3.63 Å². The third kappa shape index (κ3) is 10.7. The molecule has 0 rings (SSSR count). The zero-order valence-corrected chi connectivity index (χ0v) is 9.43. The third-order valence-electron chi connectivity index (χ3n) is 0.899. The van der Waals surface area contributed by atoms with Gasteiger partial charge in [0.2, 0.25) is 0 Å². The largest absolute Gasteiger partial charge is 0.247 e. The fraction of sp³-hybridized carbons (Fsp3) is 1.00. The van der Waals surface area contributed by atoms with Crippen LogP contribution < -0.4 is 0 Å². The van der Waals surface area contributed by atoms with Gasteiger partial charge in [0.1, 0.15) is 0 Å². The Bertz CT molecular complexity index is 74.2. The van der Waals surface area contributed by atoms with Crippen LogP contribution in [-0.4, -0.2) is 11.5 Å². The lowest BCUT2D eigenvalue weighted by Gasteiger charge is -2.04. The van der Waals surface area contributed by atoms with Gasteiger partial charge in [0.25, 0.3) is 0 Å². The fourth-order valence-corrected chi connectivity index (χ4v) is 1.62. The zero-order valence-electron chi connectivity index (χ0n) is 7.79. The summed E-state index contributed by atoms with van der Waals surface area (Å²) < 4.78 is 5.29. The highest BCUT2D eigenvalue weighted by atomic mass is 32.2. The molecule has 0 saturated heterocycles. The van der Waals surface area contributed by atoms with Crippen LogP contribution in [0.5, 0.6) is 0 Å². The molecule has 3 heteroatoms. The monoisotopic (exact) mass is 194 g/mol. The first-order valence-corrected chi connectivity index (χ1v) is 5.86. The normalized spacial score (nSPS) is 11.5. The fourth-order valence-electron chi connectivity index (χ4n) is 0.362. The van der Waals surface area contributed by atoms with Gasteiger partial charge in [-0.2, -0.15) is 0 Å². The highest BCUT2D eigenvalue weighted by Crippen LogP contribution is 2.19. The minimum absolute atomic E-state index is 0.722. The van der Waals surface area contributed by atoms with Crippen LogP contribution in [0, 0.1) is 11.8 Å². The Hall–Kier alpha value is 0.660. The molecule has 0 heterocycles. The van der Waals surface area contributed by atoms with Crippen molar-refractivity contribution in [2.75, 3.05) is 11.5 Å². The maximum absolute atomic E-state index is 5.29. The predicted molar refractivity (Wildman–Crippen MR) is 55.7 cm³/mol. The summed E-state index contributed by atoms with van der Waals surface area (Å²) >= 11 is 3.13. The Labute approximate surface area is 79.1 Å². The van der Waals surface area contributed by atoms with Crippen LogP contribution in [0.2, 0.25) is 0 Å². The molecule has 68 valence electrons. The lowest BCUT2D eigenvalue weighted by Crippen LogP contribution is -1.92. The molecule has 0 aliphatic rings. The number of hydrogen-bond donors (Lipinski definition) is 0. The second-order valence-corrected chi connectivity index (χ2v) is 5.11. The molecule has 0 unspecified atom stereocenters. The standard InChI is InChI=1S/C8H18OS2/c1-7(2)5-10-9-11-6-8(3)4/h7-8H,5-6H2,1-4H3. The molecule has 0 amide bonds. The first kappa shape index (κ1) is 11.7. The Morgan fingerprint density at radius 3 is 1.55 bits per heavy atom. The molecule has 0 aliphatic carbocycles. The van der Waals surface area contributed by atoms with Crippen molar-refractivity contribution < 1.29 is 3.63 Å². The quantitative estimate of drug-likeness (QED) is 0.472. The molecular weight excluding hydrogens is 176 g/mol. The van der Waals surface area contributed by atoms with Crippen molar-refractivity contribution >= 4 is 24.1 Å². The molecule has 0 atom stereocenters. The highest BCUT2D eigenvalue weighted by Gasteiger charge is 1.97. The van der Waals surface area contributed by atoms with Crippen LogP contribution in [0.15, 0.2) is 0 Å². The summed E-state index contributed by atoms with van der Waals surface area (Å²) in [5.74, 6) is 3.62. The second kappa shape index (κ2) is 7.32. The first-order chi connectivity index (χ1) is 5.13. The topological polar surface area (TPSA) is 9.23 Å². The van der Waals surface area contributed by atoms with Gasteiger partial charge in [-0.3, -0.25) is 0 Å². The Balaban J connectivity index is 2.91. The zero-order chi connectivity index (χ0) is 8.69. The highest BCUT2D eigenvalue weighted by molar-refractivity contribution is 8.07. The van der Waals surface area contributed by atoms with E-state index < -0.39 is 0 Å². The van der Waals surface area contributed by atoms with E-state index in [0.717, 1.165) is 23.3 Å². The summed E-state index contributed by atoms with van der Waals surface area (Å²) in [7, 11) is 0. The predicted octanol–water partition coefficient (Wildman–Crippen LogP) is 3.61. The molecule has 1 nitrogen and oxygen atoms in total. The maximum Gasteiger partial charge on any atom is 0.0233 e. The molecule has 11 heavy (non-hydrogen) atoms. The van der Waals surface area contributed by atoms with E-state index in [1.165, 1.54) is 0 Å². The van der Waals surface area contributed by atoms with Gasteiger partial charge in [-0.05, 0) is 11.8 Å². The van der Waals surface area contributed by atoms with Crippen molar-refractivity contribution in [1.82, 2.24) is 0 Å². The van der Waals surface area contributed by atoms with Crippen LogP contribution in [0.1, 0.15) is 27.7 Å². The van der Waals surface area contributed by atoms with E-state index in [-0.39, 0.29) is 0 Å². The third-order valence-corrected chi connectivity index (χ3v) is 3.27. The number of rotatable bonds is 6. The van der Waals surface area contributed by atoms with Gasteiger partial charge < -0.3 is 0 Å².